The Morgan fingerprint density at radius 3 is 2.52 bits per heavy atom. The lowest BCUT2D eigenvalue weighted by Gasteiger charge is -2.12. The third kappa shape index (κ3) is 5.72. The molecule has 0 radical (unpaired) electrons. The van der Waals surface area contributed by atoms with Crippen molar-refractivity contribution in [3.8, 4) is 5.88 Å². The molecule has 0 saturated carbocycles. The molecule has 2 rings (SSSR count). The van der Waals surface area contributed by atoms with E-state index in [9.17, 15) is 19.5 Å². The van der Waals surface area contributed by atoms with Crippen molar-refractivity contribution in [2.75, 3.05) is 26.0 Å². The van der Waals surface area contributed by atoms with Gasteiger partial charge in [0, 0.05) is 32.8 Å². The fourth-order valence-electron chi connectivity index (χ4n) is 2.29. The summed E-state index contributed by atoms with van der Waals surface area (Å²) in [4.78, 5) is 41.1. The largest absolute Gasteiger partial charge is 0.494 e. The van der Waals surface area contributed by atoms with Crippen LogP contribution in [0.1, 0.15) is 5.56 Å². The van der Waals surface area contributed by atoms with Crippen LogP contribution in [0.5, 0.6) is 5.88 Å². The quantitative estimate of drug-likeness (QED) is 0.377. The summed E-state index contributed by atoms with van der Waals surface area (Å²) in [6, 6.07) is 6.51. The van der Waals surface area contributed by atoms with Crippen LogP contribution in [-0.4, -0.2) is 51.2 Å². The number of methoxy groups -OCH3 is 1. The van der Waals surface area contributed by atoms with Crippen LogP contribution in [0.25, 0.3) is 0 Å². The molecular weight excluding hydrogens is 420 g/mol. The van der Waals surface area contributed by atoms with Crippen LogP contribution < -0.4 is 16.6 Å². The Labute approximate surface area is 176 Å². The first kappa shape index (κ1) is 22.7. The molecule has 0 atom stereocenters. The van der Waals surface area contributed by atoms with Crippen molar-refractivity contribution in [3.05, 3.63) is 55.7 Å². The molecule has 0 unspecified atom stereocenters. The molecule has 156 valence electrons. The van der Waals surface area contributed by atoms with Gasteiger partial charge >= 0.3 is 5.69 Å². The molecule has 0 fully saturated rings. The molecule has 0 aliphatic heterocycles. The molecule has 0 saturated heterocycles. The highest BCUT2D eigenvalue weighted by Gasteiger charge is 2.21. The van der Waals surface area contributed by atoms with Gasteiger partial charge in [0.25, 0.3) is 5.56 Å². The van der Waals surface area contributed by atoms with Gasteiger partial charge in [-0.2, -0.15) is 0 Å². The number of carbonyl (C=O) groups excluding carboxylic acids is 1. The first-order valence-corrected chi connectivity index (χ1v) is 9.84. The molecule has 9 nitrogen and oxygen atoms in total. The van der Waals surface area contributed by atoms with Gasteiger partial charge in [-0.1, -0.05) is 23.4 Å². The highest BCUT2D eigenvalue weighted by molar-refractivity contribution is 8.15. The average Bonchev–Trinajstić information content (AvgIpc) is 2.70. The summed E-state index contributed by atoms with van der Waals surface area (Å²) in [5.41, 5.74) is -1.10. The van der Waals surface area contributed by atoms with Gasteiger partial charge in [-0.25, -0.2) is 9.79 Å². The standard InChI is InChI=1S/C18H21ClN4O5S/c1-22-16(25)14(17(26)23(2)18(22)27)15(21-12-6-4-11(19)5-7-12)29-10-13(24)20-8-9-28-3/h4-7,25H,8-10H2,1-3H3,(H,20,24). The Balaban J connectivity index is 2.46. The number of carbonyl (C=O) groups is 1. The number of aromatic hydroxyl groups is 1. The Morgan fingerprint density at radius 1 is 1.24 bits per heavy atom. The van der Waals surface area contributed by atoms with Crippen LogP contribution in [0.4, 0.5) is 5.69 Å². The van der Waals surface area contributed by atoms with E-state index >= 15 is 0 Å². The monoisotopic (exact) mass is 440 g/mol. The molecule has 29 heavy (non-hydrogen) atoms. The lowest BCUT2D eigenvalue weighted by atomic mass is 10.3. The molecule has 1 aromatic heterocycles. The maximum absolute atomic E-state index is 12.7. The summed E-state index contributed by atoms with van der Waals surface area (Å²) in [5.74, 6) is -0.878. The molecule has 0 spiro atoms. The van der Waals surface area contributed by atoms with Crippen molar-refractivity contribution in [2.24, 2.45) is 19.1 Å². The van der Waals surface area contributed by atoms with Crippen molar-refractivity contribution in [1.82, 2.24) is 14.5 Å². The van der Waals surface area contributed by atoms with Gasteiger partial charge in [-0.15, -0.1) is 0 Å². The number of hydrogen-bond donors (Lipinski definition) is 2. The number of ether oxygens (including phenoxy) is 1. The number of thioether (sulfide) groups is 1. The van der Waals surface area contributed by atoms with E-state index in [0.29, 0.717) is 23.9 Å². The third-order valence-electron chi connectivity index (χ3n) is 3.87. The molecule has 11 heteroatoms. The minimum Gasteiger partial charge on any atom is -0.494 e. The van der Waals surface area contributed by atoms with Crippen molar-refractivity contribution in [2.45, 2.75) is 0 Å². The predicted octanol–water partition coefficient (Wildman–Crippen LogP) is 1.02. The van der Waals surface area contributed by atoms with Crippen molar-refractivity contribution in [3.63, 3.8) is 0 Å². The van der Waals surface area contributed by atoms with E-state index < -0.39 is 17.1 Å². The molecule has 2 N–H and O–H groups in total. The zero-order valence-corrected chi connectivity index (χ0v) is 17.7. The van der Waals surface area contributed by atoms with E-state index in [1.54, 1.807) is 24.3 Å². The lowest BCUT2D eigenvalue weighted by molar-refractivity contribution is -0.118. The minimum absolute atomic E-state index is 0.0540. The molecule has 1 aromatic carbocycles. The van der Waals surface area contributed by atoms with Gasteiger partial charge in [0.15, 0.2) is 0 Å². The number of nitrogens with one attached hydrogen (secondary N) is 1. The molecule has 0 aliphatic carbocycles. The number of aromatic nitrogens is 2. The van der Waals surface area contributed by atoms with Crippen LogP contribution in [-0.2, 0) is 23.6 Å². The highest BCUT2D eigenvalue weighted by atomic mass is 35.5. The summed E-state index contributed by atoms with van der Waals surface area (Å²) >= 11 is 6.86. The van der Waals surface area contributed by atoms with Crippen LogP contribution in [0, 0.1) is 0 Å². The van der Waals surface area contributed by atoms with Gasteiger partial charge in [-0.05, 0) is 24.3 Å². The van der Waals surface area contributed by atoms with E-state index in [1.807, 2.05) is 0 Å². The third-order valence-corrected chi connectivity index (χ3v) is 5.10. The Hall–Kier alpha value is -2.56. The zero-order chi connectivity index (χ0) is 21.6. The zero-order valence-electron chi connectivity index (χ0n) is 16.1. The summed E-state index contributed by atoms with van der Waals surface area (Å²) in [6.45, 7) is 0.705. The second-order valence-electron chi connectivity index (χ2n) is 5.93. The average molecular weight is 441 g/mol. The normalized spacial score (nSPS) is 11.5. The smallest absolute Gasteiger partial charge is 0.333 e. The molecular formula is C18H21ClN4O5S. The van der Waals surface area contributed by atoms with E-state index in [1.165, 1.54) is 21.2 Å². The highest BCUT2D eigenvalue weighted by Crippen LogP contribution is 2.24. The number of amides is 1. The van der Waals surface area contributed by atoms with Crippen LogP contribution in [0.3, 0.4) is 0 Å². The van der Waals surface area contributed by atoms with Crippen LogP contribution >= 0.6 is 23.4 Å². The molecule has 0 aliphatic rings. The predicted molar refractivity (Wildman–Crippen MR) is 114 cm³/mol. The summed E-state index contributed by atoms with van der Waals surface area (Å²) in [7, 11) is 4.16. The van der Waals surface area contributed by atoms with E-state index in [2.05, 4.69) is 10.3 Å². The number of hydrogen-bond acceptors (Lipinski definition) is 7. The number of halogens is 1. The number of aliphatic imine (C=N–C) groups is 1. The van der Waals surface area contributed by atoms with Gasteiger partial charge in [0.05, 0.1) is 18.0 Å². The Kier molecular flexibility index (Phi) is 8.06. The second-order valence-corrected chi connectivity index (χ2v) is 7.33. The maximum Gasteiger partial charge on any atom is 0.333 e. The number of nitrogens with zero attached hydrogens (tertiary/aromatic N) is 3. The van der Waals surface area contributed by atoms with Crippen molar-refractivity contribution in [1.29, 1.82) is 0 Å². The van der Waals surface area contributed by atoms with Gasteiger partial charge in [0.2, 0.25) is 11.8 Å². The van der Waals surface area contributed by atoms with Crippen molar-refractivity contribution < 1.29 is 14.6 Å². The molecule has 1 amide bonds. The van der Waals surface area contributed by atoms with Gasteiger partial charge in [0.1, 0.15) is 10.6 Å². The maximum atomic E-state index is 12.7. The van der Waals surface area contributed by atoms with Crippen LogP contribution in [0.2, 0.25) is 5.02 Å². The number of benzene rings is 1. The van der Waals surface area contributed by atoms with E-state index in [0.717, 1.165) is 20.9 Å². The topological polar surface area (TPSA) is 115 Å². The Bertz CT molecular complexity index is 1030. The van der Waals surface area contributed by atoms with E-state index in [-0.39, 0.29) is 22.3 Å². The summed E-state index contributed by atoms with van der Waals surface area (Å²) < 4.78 is 6.68. The lowest BCUT2D eigenvalue weighted by Crippen LogP contribution is -2.40. The number of rotatable bonds is 7. The molecule has 2 aromatic rings. The minimum atomic E-state index is -0.717. The summed E-state index contributed by atoms with van der Waals surface area (Å²) in [6.07, 6.45) is 0. The fourth-order valence-corrected chi connectivity index (χ4v) is 3.28. The SMILES string of the molecule is COCCNC(=O)CSC(=Nc1ccc(Cl)cc1)c1c(O)n(C)c(=O)n(C)c1=O. The van der Waals surface area contributed by atoms with Gasteiger partial charge < -0.3 is 15.2 Å². The van der Waals surface area contributed by atoms with E-state index in [4.69, 9.17) is 16.3 Å². The molecule has 0 bridgehead atoms. The van der Waals surface area contributed by atoms with Crippen molar-refractivity contribution >= 4 is 40.0 Å². The first-order valence-electron chi connectivity index (χ1n) is 8.48. The van der Waals surface area contributed by atoms with Gasteiger partial charge in [-0.3, -0.25) is 18.7 Å². The Morgan fingerprint density at radius 2 is 1.90 bits per heavy atom. The molecule has 1 heterocycles. The van der Waals surface area contributed by atoms with Crippen LogP contribution in [0.15, 0.2) is 38.8 Å². The fraction of sp³-hybridized carbons (Fsp3) is 0.333. The summed E-state index contributed by atoms with van der Waals surface area (Å²) in [5, 5.41) is 13.7. The first-order chi connectivity index (χ1) is 13.8. The second kappa shape index (κ2) is 10.3.